The van der Waals surface area contributed by atoms with E-state index < -0.39 is 21.9 Å². The molecular weight excluding hydrogens is 363 g/mol. The van der Waals surface area contributed by atoms with Crippen molar-refractivity contribution in [2.24, 2.45) is 0 Å². The van der Waals surface area contributed by atoms with Gasteiger partial charge in [0, 0.05) is 11.0 Å². The Labute approximate surface area is 129 Å². The number of fused-ring (bicyclic) bond motifs is 1. The summed E-state index contributed by atoms with van der Waals surface area (Å²) in [6.07, 6.45) is 2.77. The quantitative estimate of drug-likeness (QED) is 0.890. The first-order valence-corrected chi connectivity index (χ1v) is 8.61. The third-order valence-corrected chi connectivity index (χ3v) is 5.78. The highest BCUT2D eigenvalue weighted by atomic mass is 79.9. The van der Waals surface area contributed by atoms with Crippen LogP contribution in [-0.4, -0.2) is 23.2 Å². The van der Waals surface area contributed by atoms with Gasteiger partial charge in [-0.25, -0.2) is 27.2 Å². The van der Waals surface area contributed by atoms with Crippen LogP contribution in [-0.2, 0) is 16.6 Å². The van der Waals surface area contributed by atoms with Gasteiger partial charge in [-0.05, 0) is 40.9 Å². The van der Waals surface area contributed by atoms with E-state index in [1.807, 2.05) is 0 Å². The van der Waals surface area contributed by atoms with E-state index in [-0.39, 0.29) is 9.37 Å². The van der Waals surface area contributed by atoms with Crippen LogP contribution in [0.5, 0.6) is 0 Å². The average Bonchev–Trinajstić information content (AvgIpc) is 2.87. The fourth-order valence-corrected chi connectivity index (χ4v) is 4.73. The van der Waals surface area contributed by atoms with Crippen molar-refractivity contribution in [3.8, 4) is 0 Å². The van der Waals surface area contributed by atoms with Crippen LogP contribution in [0.4, 0.5) is 4.39 Å². The van der Waals surface area contributed by atoms with E-state index in [0.717, 1.165) is 12.5 Å². The van der Waals surface area contributed by atoms with Crippen molar-refractivity contribution in [1.82, 2.24) is 19.5 Å². The smallest absolute Gasteiger partial charge is 0.245 e. The minimum absolute atomic E-state index is 0.187. The lowest BCUT2D eigenvalue weighted by Gasteiger charge is -2.23. The highest BCUT2D eigenvalue weighted by molar-refractivity contribution is 9.10. The van der Waals surface area contributed by atoms with Crippen LogP contribution in [0.15, 0.2) is 33.9 Å². The van der Waals surface area contributed by atoms with Crippen molar-refractivity contribution in [1.29, 1.82) is 0 Å². The van der Waals surface area contributed by atoms with E-state index >= 15 is 0 Å². The highest BCUT2D eigenvalue weighted by Crippen LogP contribution is 2.28. The lowest BCUT2D eigenvalue weighted by atomic mass is 10.1. The van der Waals surface area contributed by atoms with Gasteiger partial charge in [-0.1, -0.05) is 6.07 Å². The molecule has 0 spiro atoms. The first kappa shape index (κ1) is 14.6. The van der Waals surface area contributed by atoms with E-state index in [0.29, 0.717) is 18.8 Å². The first-order chi connectivity index (χ1) is 9.99. The van der Waals surface area contributed by atoms with Crippen molar-refractivity contribution >= 4 is 26.0 Å². The van der Waals surface area contributed by atoms with Crippen molar-refractivity contribution in [3.05, 3.63) is 40.6 Å². The molecule has 0 saturated carbocycles. The Balaban J connectivity index is 1.95. The van der Waals surface area contributed by atoms with Crippen molar-refractivity contribution in [2.75, 3.05) is 0 Å². The standard InChI is InChI=1S/C12H12BrFN4O2S/c13-8-3-1-4-9(14)11(8)21(19,20)17-10-5-2-6-18-12(10)15-7-16-18/h1,3-4,7,10,17H,2,5-6H2/t10-/m0/s1. The Morgan fingerprint density at radius 1 is 1.43 bits per heavy atom. The zero-order valence-corrected chi connectivity index (χ0v) is 13.2. The van der Waals surface area contributed by atoms with Gasteiger partial charge in [0.2, 0.25) is 10.0 Å². The van der Waals surface area contributed by atoms with E-state index in [9.17, 15) is 12.8 Å². The molecule has 2 heterocycles. The third kappa shape index (κ3) is 2.72. The van der Waals surface area contributed by atoms with Crippen LogP contribution in [0.25, 0.3) is 0 Å². The van der Waals surface area contributed by atoms with Crippen LogP contribution in [0, 0.1) is 5.82 Å². The lowest BCUT2D eigenvalue weighted by molar-refractivity contribution is 0.399. The molecule has 0 fully saturated rings. The van der Waals surface area contributed by atoms with E-state index in [4.69, 9.17) is 0 Å². The molecule has 0 radical (unpaired) electrons. The molecule has 0 bridgehead atoms. The molecule has 1 N–H and O–H groups in total. The minimum Gasteiger partial charge on any atom is -0.248 e. The van der Waals surface area contributed by atoms with Gasteiger partial charge >= 0.3 is 0 Å². The molecule has 0 saturated heterocycles. The molecule has 1 aromatic carbocycles. The lowest BCUT2D eigenvalue weighted by Crippen LogP contribution is -2.34. The van der Waals surface area contributed by atoms with Gasteiger partial charge in [-0.15, -0.1) is 0 Å². The molecule has 1 aromatic heterocycles. The molecule has 0 amide bonds. The Hall–Kier alpha value is -1.32. The van der Waals surface area contributed by atoms with Crippen LogP contribution in [0.1, 0.15) is 24.7 Å². The largest absolute Gasteiger partial charge is 0.248 e. The highest BCUT2D eigenvalue weighted by Gasteiger charge is 2.30. The van der Waals surface area contributed by atoms with Gasteiger partial charge in [0.1, 0.15) is 22.9 Å². The second-order valence-corrected chi connectivity index (χ2v) is 7.21. The van der Waals surface area contributed by atoms with E-state index in [1.165, 1.54) is 18.5 Å². The van der Waals surface area contributed by atoms with Gasteiger partial charge in [0.25, 0.3) is 0 Å². The number of hydrogen-bond donors (Lipinski definition) is 1. The summed E-state index contributed by atoms with van der Waals surface area (Å²) in [6.45, 7) is 0.705. The van der Waals surface area contributed by atoms with Crippen molar-refractivity contribution in [2.45, 2.75) is 30.3 Å². The summed E-state index contributed by atoms with van der Waals surface area (Å²) in [6, 6.07) is 3.54. The van der Waals surface area contributed by atoms with Crippen LogP contribution >= 0.6 is 15.9 Å². The Morgan fingerprint density at radius 2 is 2.24 bits per heavy atom. The third-order valence-electron chi connectivity index (χ3n) is 3.30. The molecule has 3 rings (SSSR count). The summed E-state index contributed by atoms with van der Waals surface area (Å²) in [4.78, 5) is 3.69. The summed E-state index contributed by atoms with van der Waals surface area (Å²) in [5, 5.41) is 4.03. The molecule has 1 atom stereocenters. The maximum Gasteiger partial charge on any atom is 0.245 e. The topological polar surface area (TPSA) is 76.9 Å². The second-order valence-electron chi connectivity index (χ2n) is 4.71. The molecular formula is C12H12BrFN4O2S. The van der Waals surface area contributed by atoms with Gasteiger partial charge < -0.3 is 0 Å². The number of halogens is 2. The SMILES string of the molecule is O=S(=O)(N[C@H]1CCCn2ncnc21)c1c(F)cccc1Br. The maximum absolute atomic E-state index is 13.9. The van der Waals surface area contributed by atoms with Crippen LogP contribution < -0.4 is 4.72 Å². The Bertz CT molecular complexity index is 757. The predicted molar refractivity (Wildman–Crippen MR) is 76.4 cm³/mol. The second kappa shape index (κ2) is 5.47. The van der Waals surface area contributed by atoms with Gasteiger partial charge in [-0.3, -0.25) is 0 Å². The Morgan fingerprint density at radius 3 is 3.00 bits per heavy atom. The zero-order valence-electron chi connectivity index (χ0n) is 10.8. The number of nitrogens with zero attached hydrogens (tertiary/aromatic N) is 3. The van der Waals surface area contributed by atoms with Gasteiger partial charge in [0.05, 0.1) is 6.04 Å². The summed E-state index contributed by atoms with van der Waals surface area (Å²) < 4.78 is 43.1. The van der Waals surface area contributed by atoms with Crippen LogP contribution in [0.2, 0.25) is 0 Å². The normalized spacial score (nSPS) is 18.5. The number of aryl methyl sites for hydroxylation is 1. The molecule has 1 aliphatic heterocycles. The predicted octanol–water partition coefficient (Wildman–Crippen LogP) is 1.99. The maximum atomic E-state index is 13.9. The first-order valence-electron chi connectivity index (χ1n) is 6.33. The number of sulfonamides is 1. The summed E-state index contributed by atoms with van der Waals surface area (Å²) in [5.41, 5.74) is 0. The molecule has 21 heavy (non-hydrogen) atoms. The number of benzene rings is 1. The molecule has 0 aliphatic carbocycles. The molecule has 9 heteroatoms. The average molecular weight is 375 g/mol. The minimum atomic E-state index is -3.99. The van der Waals surface area contributed by atoms with Gasteiger partial charge in [-0.2, -0.15) is 5.10 Å². The zero-order chi connectivity index (χ0) is 15.0. The summed E-state index contributed by atoms with van der Waals surface area (Å²) in [5.74, 6) is -0.244. The molecule has 6 nitrogen and oxygen atoms in total. The number of rotatable bonds is 3. The van der Waals surface area contributed by atoms with Gasteiger partial charge in [0.15, 0.2) is 0 Å². The number of hydrogen-bond acceptors (Lipinski definition) is 4. The van der Waals surface area contributed by atoms with Crippen molar-refractivity contribution < 1.29 is 12.8 Å². The fourth-order valence-electron chi connectivity index (χ4n) is 2.39. The summed E-state index contributed by atoms with van der Waals surface area (Å²) >= 11 is 3.08. The van der Waals surface area contributed by atoms with E-state index in [1.54, 1.807) is 4.68 Å². The Kier molecular flexibility index (Phi) is 3.80. The molecule has 0 unspecified atom stereocenters. The van der Waals surface area contributed by atoms with E-state index in [2.05, 4.69) is 30.7 Å². The summed E-state index contributed by atoms with van der Waals surface area (Å²) in [7, 11) is -3.99. The van der Waals surface area contributed by atoms with Crippen molar-refractivity contribution in [3.63, 3.8) is 0 Å². The number of nitrogens with one attached hydrogen (secondary N) is 1. The van der Waals surface area contributed by atoms with Crippen LogP contribution in [0.3, 0.4) is 0 Å². The number of aromatic nitrogens is 3. The monoisotopic (exact) mass is 374 g/mol. The molecule has 112 valence electrons. The molecule has 2 aromatic rings. The fraction of sp³-hybridized carbons (Fsp3) is 0.333. The molecule has 1 aliphatic rings.